The summed E-state index contributed by atoms with van der Waals surface area (Å²) in [5, 5.41) is 4.25. The number of carbonyl (C=O) groups is 1. The number of Topliss-reactive ketones (excluding diaryl/α,β-unsaturated/α-hetero) is 1. The van der Waals surface area contributed by atoms with Crippen molar-refractivity contribution in [3.63, 3.8) is 0 Å². The van der Waals surface area contributed by atoms with E-state index in [4.69, 9.17) is 0 Å². The molecule has 0 unspecified atom stereocenters. The van der Waals surface area contributed by atoms with Gasteiger partial charge in [-0.1, -0.05) is 39.0 Å². The lowest BCUT2D eigenvalue weighted by Crippen LogP contribution is -2.29. The second-order valence-corrected chi connectivity index (χ2v) is 5.28. The molecule has 0 spiro atoms. The molecule has 1 heterocycles. The third-order valence-electron chi connectivity index (χ3n) is 3.44. The van der Waals surface area contributed by atoms with Crippen LogP contribution in [0.15, 0.2) is 24.4 Å². The van der Waals surface area contributed by atoms with Gasteiger partial charge in [-0.2, -0.15) is 0 Å². The highest BCUT2D eigenvalue weighted by Crippen LogP contribution is 2.24. The van der Waals surface area contributed by atoms with Gasteiger partial charge in [-0.05, 0) is 12.0 Å². The Labute approximate surface area is 114 Å². The Bertz CT molecular complexity index is 596. The van der Waals surface area contributed by atoms with Gasteiger partial charge in [-0.25, -0.2) is 0 Å². The highest BCUT2D eigenvalue weighted by atomic mass is 16.1. The van der Waals surface area contributed by atoms with Crippen LogP contribution < -0.4 is 5.32 Å². The number of carbonyl (C=O) groups excluding carboxylic acids is 1. The molecule has 3 heteroatoms. The van der Waals surface area contributed by atoms with Crippen molar-refractivity contribution < 1.29 is 4.79 Å². The first-order valence-corrected chi connectivity index (χ1v) is 6.88. The third kappa shape index (κ3) is 2.71. The molecule has 1 aromatic heterocycles. The molecule has 1 N–H and O–H groups in total. The second-order valence-electron chi connectivity index (χ2n) is 5.28. The van der Waals surface area contributed by atoms with Gasteiger partial charge >= 0.3 is 0 Å². The minimum absolute atomic E-state index is 0.160. The first-order chi connectivity index (χ1) is 9.04. The average molecular weight is 258 g/mol. The number of nitrogens with one attached hydrogen (secondary N) is 1. The largest absolute Gasteiger partial charge is 0.350 e. The van der Waals surface area contributed by atoms with Crippen molar-refractivity contribution in [2.75, 3.05) is 6.54 Å². The molecule has 0 radical (unpaired) electrons. The number of rotatable bonds is 5. The smallest absolute Gasteiger partial charge is 0.178 e. The number of aryl methyl sites for hydroxylation is 2. The van der Waals surface area contributed by atoms with E-state index in [0.29, 0.717) is 12.6 Å². The van der Waals surface area contributed by atoms with Crippen LogP contribution in [0.2, 0.25) is 0 Å². The van der Waals surface area contributed by atoms with Gasteiger partial charge < -0.3 is 9.88 Å². The normalized spacial score (nSPS) is 11.4. The summed E-state index contributed by atoms with van der Waals surface area (Å²) in [6.07, 6.45) is 2.93. The molecule has 0 atom stereocenters. The van der Waals surface area contributed by atoms with Gasteiger partial charge in [0.2, 0.25) is 0 Å². The van der Waals surface area contributed by atoms with E-state index in [0.717, 1.165) is 17.4 Å². The number of aromatic nitrogens is 1. The van der Waals surface area contributed by atoms with Crippen LogP contribution in [0.4, 0.5) is 0 Å². The van der Waals surface area contributed by atoms with Gasteiger partial charge in [0, 0.05) is 30.2 Å². The van der Waals surface area contributed by atoms with Crippen molar-refractivity contribution in [3.8, 4) is 0 Å². The Morgan fingerprint density at radius 3 is 2.74 bits per heavy atom. The average Bonchev–Trinajstić information content (AvgIpc) is 2.73. The SMILES string of the molecule is CCc1cccc2c(C(=O)CNC(C)C)cn(C)c12. The monoisotopic (exact) mass is 258 g/mol. The maximum absolute atomic E-state index is 12.3. The van der Waals surface area contributed by atoms with Gasteiger partial charge in [0.25, 0.3) is 0 Å². The van der Waals surface area contributed by atoms with Gasteiger partial charge in [-0.3, -0.25) is 4.79 Å². The lowest BCUT2D eigenvalue weighted by atomic mass is 10.0. The van der Waals surface area contributed by atoms with E-state index >= 15 is 0 Å². The predicted molar refractivity (Wildman–Crippen MR) is 79.8 cm³/mol. The van der Waals surface area contributed by atoms with Crippen molar-refractivity contribution in [1.29, 1.82) is 0 Å². The molecule has 0 bridgehead atoms. The number of ketones is 1. The highest BCUT2D eigenvalue weighted by molar-refractivity contribution is 6.09. The molecule has 19 heavy (non-hydrogen) atoms. The summed E-state index contributed by atoms with van der Waals surface area (Å²) in [5.41, 5.74) is 3.29. The maximum Gasteiger partial charge on any atom is 0.178 e. The molecule has 0 aliphatic rings. The van der Waals surface area contributed by atoms with Gasteiger partial charge in [-0.15, -0.1) is 0 Å². The van der Waals surface area contributed by atoms with Crippen LogP contribution in [0, 0.1) is 0 Å². The first kappa shape index (κ1) is 13.8. The van der Waals surface area contributed by atoms with Crippen molar-refractivity contribution >= 4 is 16.7 Å². The van der Waals surface area contributed by atoms with E-state index in [1.54, 1.807) is 0 Å². The molecule has 0 fully saturated rings. The topological polar surface area (TPSA) is 34.0 Å². The molecular weight excluding hydrogens is 236 g/mol. The van der Waals surface area contributed by atoms with Crippen LogP contribution in [0.1, 0.15) is 36.7 Å². The van der Waals surface area contributed by atoms with E-state index in [1.165, 1.54) is 11.1 Å². The summed E-state index contributed by atoms with van der Waals surface area (Å²) >= 11 is 0. The van der Waals surface area contributed by atoms with Crippen LogP contribution in [0.5, 0.6) is 0 Å². The summed E-state index contributed by atoms with van der Waals surface area (Å²) < 4.78 is 2.07. The lowest BCUT2D eigenvalue weighted by molar-refractivity contribution is 0.0990. The number of nitrogens with zero attached hydrogens (tertiary/aromatic N) is 1. The fourth-order valence-electron chi connectivity index (χ4n) is 2.45. The van der Waals surface area contributed by atoms with Gasteiger partial charge in [0.15, 0.2) is 5.78 Å². The van der Waals surface area contributed by atoms with E-state index in [-0.39, 0.29) is 5.78 Å². The lowest BCUT2D eigenvalue weighted by Gasteiger charge is -2.06. The summed E-state index contributed by atoms with van der Waals surface area (Å²) in [5.74, 6) is 0.160. The van der Waals surface area contributed by atoms with Crippen LogP contribution in [0.25, 0.3) is 10.9 Å². The van der Waals surface area contributed by atoms with E-state index in [9.17, 15) is 4.79 Å². The van der Waals surface area contributed by atoms with Crippen molar-refractivity contribution in [3.05, 3.63) is 35.5 Å². The number of hydrogen-bond donors (Lipinski definition) is 1. The molecule has 3 nitrogen and oxygen atoms in total. The minimum Gasteiger partial charge on any atom is -0.350 e. The van der Waals surface area contributed by atoms with E-state index < -0.39 is 0 Å². The molecule has 0 aliphatic heterocycles. The van der Waals surface area contributed by atoms with Crippen LogP contribution in [-0.2, 0) is 13.5 Å². The van der Waals surface area contributed by atoms with Crippen molar-refractivity contribution in [2.45, 2.75) is 33.2 Å². The fourth-order valence-corrected chi connectivity index (χ4v) is 2.45. The zero-order valence-electron chi connectivity index (χ0n) is 12.2. The van der Waals surface area contributed by atoms with E-state index in [1.807, 2.05) is 39.2 Å². The molecule has 1 aromatic carbocycles. The molecule has 0 saturated carbocycles. The Morgan fingerprint density at radius 1 is 1.37 bits per heavy atom. The molecule has 0 aliphatic carbocycles. The minimum atomic E-state index is 0.160. The molecule has 0 amide bonds. The quantitative estimate of drug-likeness (QED) is 0.837. The Hall–Kier alpha value is -1.61. The number of hydrogen-bond acceptors (Lipinski definition) is 2. The fraction of sp³-hybridized carbons (Fsp3) is 0.438. The van der Waals surface area contributed by atoms with Crippen LogP contribution >= 0.6 is 0 Å². The van der Waals surface area contributed by atoms with Crippen LogP contribution in [0.3, 0.4) is 0 Å². The van der Waals surface area contributed by atoms with E-state index in [2.05, 4.69) is 22.9 Å². The molecule has 0 saturated heterocycles. The van der Waals surface area contributed by atoms with Crippen molar-refractivity contribution in [2.24, 2.45) is 7.05 Å². The summed E-state index contributed by atoms with van der Waals surface area (Å²) in [6, 6.07) is 6.53. The standard InChI is InChI=1S/C16H22N2O/c1-5-12-7-6-8-13-14(10-18(4)16(12)13)15(19)9-17-11(2)3/h6-8,10-11,17H,5,9H2,1-4H3. The summed E-state index contributed by atoms with van der Waals surface area (Å²) in [6.45, 7) is 6.63. The van der Waals surface area contributed by atoms with Crippen LogP contribution in [-0.4, -0.2) is 22.9 Å². The molecule has 2 rings (SSSR count). The zero-order chi connectivity index (χ0) is 14.0. The number of benzene rings is 1. The maximum atomic E-state index is 12.3. The number of fused-ring (bicyclic) bond motifs is 1. The van der Waals surface area contributed by atoms with Crippen molar-refractivity contribution in [1.82, 2.24) is 9.88 Å². The molecular formula is C16H22N2O. The molecule has 2 aromatic rings. The summed E-state index contributed by atoms with van der Waals surface area (Å²) in [7, 11) is 2.01. The Balaban J connectivity index is 2.42. The summed E-state index contributed by atoms with van der Waals surface area (Å²) in [4.78, 5) is 12.3. The second kappa shape index (κ2) is 5.57. The Morgan fingerprint density at radius 2 is 2.11 bits per heavy atom. The molecule has 102 valence electrons. The Kier molecular flexibility index (Phi) is 4.05. The zero-order valence-corrected chi connectivity index (χ0v) is 12.2. The predicted octanol–water partition coefficient (Wildman–Crippen LogP) is 2.92. The van der Waals surface area contributed by atoms with Gasteiger partial charge in [0.05, 0.1) is 12.1 Å². The number of para-hydroxylation sites is 1. The first-order valence-electron chi connectivity index (χ1n) is 6.88. The third-order valence-corrected chi connectivity index (χ3v) is 3.44. The highest BCUT2D eigenvalue weighted by Gasteiger charge is 2.15. The van der Waals surface area contributed by atoms with Gasteiger partial charge in [0.1, 0.15) is 0 Å².